The molecule has 1 unspecified atom stereocenters. The second kappa shape index (κ2) is 13.0. The Bertz CT molecular complexity index is 1470. The van der Waals surface area contributed by atoms with Crippen LogP contribution in [0.1, 0.15) is 39.2 Å². The van der Waals surface area contributed by atoms with Gasteiger partial charge in [0, 0.05) is 32.7 Å². The standard InChI is InChI=1S/C30H37N5O6/c1-4-30(3,19-32)41-28(37)34-13-6-14-39-26(18-34)27(36)33-23(17-31)15-20-7-9-21(10-8-20)22-11-12-25-24(16-22)35(5-2)29(38)40-25/h7-12,16,23,26H,4-6,13-15,18-19,32H2,1-3H3,(H,33,36)/t23-,26-,30?/m0/s1. The molecule has 1 aromatic heterocycles. The van der Waals surface area contributed by atoms with E-state index in [1.54, 1.807) is 17.6 Å². The SMILES string of the molecule is CCn1c(=O)oc2ccc(-c3ccc(C[C@@H](C#N)NC(=O)[C@@H]4CN(C(=O)OC(C)(CC)CN)CCCO4)cc3)cc21. The zero-order chi connectivity index (χ0) is 29.6. The highest BCUT2D eigenvalue weighted by Gasteiger charge is 2.33. The van der Waals surface area contributed by atoms with Gasteiger partial charge in [-0.1, -0.05) is 37.3 Å². The number of hydrogen-bond acceptors (Lipinski definition) is 8. The number of nitrogens with zero attached hydrogens (tertiary/aromatic N) is 3. The predicted octanol–water partition coefficient (Wildman–Crippen LogP) is 3.19. The van der Waals surface area contributed by atoms with E-state index in [0.717, 1.165) is 22.2 Å². The summed E-state index contributed by atoms with van der Waals surface area (Å²) in [6, 6.07) is 14.6. The van der Waals surface area contributed by atoms with Crippen molar-refractivity contribution in [3.8, 4) is 17.2 Å². The van der Waals surface area contributed by atoms with Gasteiger partial charge in [-0.3, -0.25) is 9.36 Å². The predicted molar refractivity (Wildman–Crippen MR) is 153 cm³/mol. The van der Waals surface area contributed by atoms with Crippen LogP contribution in [0.25, 0.3) is 22.2 Å². The van der Waals surface area contributed by atoms with Crippen molar-refractivity contribution in [1.82, 2.24) is 14.8 Å². The minimum Gasteiger partial charge on any atom is -0.442 e. The first kappa shape index (κ1) is 29.8. The van der Waals surface area contributed by atoms with Crippen molar-refractivity contribution in [2.45, 2.75) is 64.3 Å². The van der Waals surface area contributed by atoms with Crippen molar-refractivity contribution in [3.05, 3.63) is 58.6 Å². The van der Waals surface area contributed by atoms with Crippen molar-refractivity contribution in [2.75, 3.05) is 26.2 Å². The van der Waals surface area contributed by atoms with Gasteiger partial charge in [0.2, 0.25) is 0 Å². The van der Waals surface area contributed by atoms with E-state index in [1.807, 2.05) is 50.2 Å². The van der Waals surface area contributed by atoms with Crippen LogP contribution in [0.2, 0.25) is 0 Å². The number of fused-ring (bicyclic) bond motifs is 1. The summed E-state index contributed by atoms with van der Waals surface area (Å²) in [6.45, 7) is 6.98. The third kappa shape index (κ3) is 6.96. The summed E-state index contributed by atoms with van der Waals surface area (Å²) in [7, 11) is 0. The zero-order valence-electron chi connectivity index (χ0n) is 23.7. The fourth-order valence-electron chi connectivity index (χ4n) is 4.69. The molecule has 3 N–H and O–H groups in total. The largest absolute Gasteiger partial charge is 0.442 e. The molecule has 1 saturated heterocycles. The lowest BCUT2D eigenvalue weighted by Gasteiger charge is -2.31. The Kier molecular flexibility index (Phi) is 9.47. The summed E-state index contributed by atoms with van der Waals surface area (Å²) in [5.74, 6) is -0.840. The average Bonchev–Trinajstić information content (AvgIpc) is 3.12. The number of aryl methyl sites for hydroxylation is 1. The van der Waals surface area contributed by atoms with Crippen LogP contribution in [0.5, 0.6) is 0 Å². The number of oxazole rings is 1. The molecule has 0 aliphatic carbocycles. The Balaban J connectivity index is 1.39. The van der Waals surface area contributed by atoms with Gasteiger partial charge in [-0.2, -0.15) is 5.26 Å². The van der Waals surface area contributed by atoms with Crippen molar-refractivity contribution in [3.63, 3.8) is 0 Å². The molecule has 0 saturated carbocycles. The van der Waals surface area contributed by atoms with Crippen molar-refractivity contribution in [1.29, 1.82) is 5.26 Å². The summed E-state index contributed by atoms with van der Waals surface area (Å²) in [5, 5.41) is 12.5. The monoisotopic (exact) mass is 563 g/mol. The average molecular weight is 564 g/mol. The van der Waals surface area contributed by atoms with Crippen molar-refractivity contribution >= 4 is 23.1 Å². The molecule has 218 valence electrons. The zero-order valence-corrected chi connectivity index (χ0v) is 23.7. The van der Waals surface area contributed by atoms with Gasteiger partial charge in [0.1, 0.15) is 11.6 Å². The first-order valence-corrected chi connectivity index (χ1v) is 13.9. The maximum absolute atomic E-state index is 13.1. The molecule has 2 heterocycles. The number of nitrogens with two attached hydrogens (primary N) is 1. The number of amides is 2. The summed E-state index contributed by atoms with van der Waals surface area (Å²) >= 11 is 0. The van der Waals surface area contributed by atoms with Crippen LogP contribution in [0, 0.1) is 11.3 Å². The molecule has 2 aromatic carbocycles. The van der Waals surface area contributed by atoms with Gasteiger partial charge in [0.15, 0.2) is 11.7 Å². The minimum atomic E-state index is -0.924. The van der Waals surface area contributed by atoms with Crippen LogP contribution in [-0.4, -0.2) is 65.5 Å². The lowest BCUT2D eigenvalue weighted by atomic mass is 10.0. The molecule has 3 atom stereocenters. The van der Waals surface area contributed by atoms with E-state index in [9.17, 15) is 19.6 Å². The van der Waals surface area contributed by atoms with E-state index in [2.05, 4.69) is 11.4 Å². The fourth-order valence-corrected chi connectivity index (χ4v) is 4.69. The molecule has 0 radical (unpaired) electrons. The molecule has 3 aromatic rings. The first-order chi connectivity index (χ1) is 19.7. The van der Waals surface area contributed by atoms with Gasteiger partial charge in [0.05, 0.1) is 18.1 Å². The van der Waals surface area contributed by atoms with Gasteiger partial charge in [-0.15, -0.1) is 0 Å². The van der Waals surface area contributed by atoms with Crippen LogP contribution >= 0.6 is 0 Å². The Morgan fingerprint density at radius 1 is 1.22 bits per heavy atom. The molecule has 1 fully saturated rings. The molecule has 1 aliphatic rings. The minimum absolute atomic E-state index is 0.0226. The number of aromatic nitrogens is 1. The maximum Gasteiger partial charge on any atom is 0.419 e. The quantitative estimate of drug-likeness (QED) is 0.403. The fraction of sp³-hybridized carbons (Fsp3) is 0.467. The van der Waals surface area contributed by atoms with Crippen molar-refractivity contribution < 1.29 is 23.5 Å². The van der Waals surface area contributed by atoms with E-state index in [4.69, 9.17) is 19.6 Å². The molecule has 11 nitrogen and oxygen atoms in total. The molecule has 2 amide bonds. The summed E-state index contributed by atoms with van der Waals surface area (Å²) in [5.41, 5.74) is 9.00. The summed E-state index contributed by atoms with van der Waals surface area (Å²) in [6.07, 6.45) is -0.0442. The van der Waals surface area contributed by atoms with Gasteiger partial charge < -0.3 is 29.8 Å². The number of hydrogen-bond donors (Lipinski definition) is 2. The van der Waals surface area contributed by atoms with Gasteiger partial charge in [-0.25, -0.2) is 9.59 Å². The summed E-state index contributed by atoms with van der Waals surface area (Å²) < 4.78 is 18.2. The lowest BCUT2D eigenvalue weighted by molar-refractivity contribution is -0.133. The lowest BCUT2D eigenvalue weighted by Crippen LogP contribution is -2.49. The molecule has 1 aliphatic heterocycles. The highest BCUT2D eigenvalue weighted by Crippen LogP contribution is 2.25. The molecule has 41 heavy (non-hydrogen) atoms. The maximum atomic E-state index is 13.1. The smallest absolute Gasteiger partial charge is 0.419 e. The normalized spacial score (nSPS) is 17.7. The number of ether oxygens (including phenoxy) is 2. The second-order valence-corrected chi connectivity index (χ2v) is 10.4. The summed E-state index contributed by atoms with van der Waals surface area (Å²) in [4.78, 5) is 39.3. The number of carbonyl (C=O) groups excluding carboxylic acids is 2. The van der Waals surface area contributed by atoms with E-state index in [-0.39, 0.29) is 18.8 Å². The topological polar surface area (TPSA) is 153 Å². The van der Waals surface area contributed by atoms with E-state index in [1.165, 1.54) is 4.90 Å². The molecule has 11 heteroatoms. The van der Waals surface area contributed by atoms with Crippen LogP contribution in [-0.2, 0) is 27.2 Å². The Hall–Kier alpha value is -4.14. The number of nitriles is 1. The van der Waals surface area contributed by atoms with Crippen molar-refractivity contribution in [2.24, 2.45) is 5.73 Å². The Labute approximate surface area is 238 Å². The van der Waals surface area contributed by atoms with E-state index in [0.29, 0.717) is 44.5 Å². The van der Waals surface area contributed by atoms with Gasteiger partial charge >= 0.3 is 11.8 Å². The Morgan fingerprint density at radius 2 is 1.95 bits per heavy atom. The van der Waals surface area contributed by atoms with Gasteiger partial charge in [0.25, 0.3) is 5.91 Å². The molecular formula is C30H37N5O6. The number of benzene rings is 2. The highest BCUT2D eigenvalue weighted by molar-refractivity contribution is 5.83. The third-order valence-corrected chi connectivity index (χ3v) is 7.52. The first-order valence-electron chi connectivity index (χ1n) is 13.9. The number of nitrogens with one attached hydrogen (secondary N) is 1. The van der Waals surface area contributed by atoms with Gasteiger partial charge in [-0.05, 0) is 55.5 Å². The third-order valence-electron chi connectivity index (χ3n) is 7.52. The second-order valence-electron chi connectivity index (χ2n) is 10.4. The molecular weight excluding hydrogens is 526 g/mol. The Morgan fingerprint density at radius 3 is 2.61 bits per heavy atom. The van der Waals surface area contributed by atoms with Crippen LogP contribution in [0.3, 0.4) is 0 Å². The number of rotatable bonds is 9. The van der Waals surface area contributed by atoms with Crippen LogP contribution in [0.15, 0.2) is 51.7 Å². The van der Waals surface area contributed by atoms with Crippen LogP contribution in [0.4, 0.5) is 4.79 Å². The highest BCUT2D eigenvalue weighted by atomic mass is 16.6. The van der Waals surface area contributed by atoms with Crippen LogP contribution < -0.4 is 16.8 Å². The number of carbonyl (C=O) groups is 2. The molecule has 0 spiro atoms. The molecule has 4 rings (SSSR count). The molecule has 0 bridgehead atoms. The van der Waals surface area contributed by atoms with E-state index >= 15 is 0 Å². The van der Waals surface area contributed by atoms with E-state index < -0.39 is 29.7 Å².